The molecule has 2 aliphatic rings. The van der Waals surface area contributed by atoms with E-state index in [2.05, 4.69) is 22.3 Å². The Morgan fingerprint density at radius 1 is 1.09 bits per heavy atom. The number of phenolic OH excluding ortho intramolecular Hbond substituents is 1. The Labute approximate surface area is 152 Å². The summed E-state index contributed by atoms with van der Waals surface area (Å²) in [7, 11) is 0. The number of rotatable bonds is 3. The van der Waals surface area contributed by atoms with E-state index in [1.807, 2.05) is 13.0 Å². The van der Waals surface area contributed by atoms with Gasteiger partial charge >= 0.3 is 0 Å². The van der Waals surface area contributed by atoms with Crippen molar-refractivity contribution in [2.45, 2.75) is 45.1 Å². The fraction of sp³-hybridized carbons (Fsp3) is 0.667. The molecule has 0 unspecified atom stereocenters. The number of para-hydroxylation sites is 1. The maximum absolute atomic E-state index is 10.6. The van der Waals surface area contributed by atoms with Crippen LogP contribution >= 0.6 is 24.8 Å². The monoisotopic (exact) mass is 360 g/mol. The number of aromatic hydroxyl groups is 1. The lowest BCUT2D eigenvalue weighted by atomic mass is 9.79. The normalized spacial score (nSPS) is 21.1. The standard InChI is InChI=1S/C18H28N2O.2ClH/c1-14-6-5-9-16(18(14)21)17(15-7-3-2-4-8-15)20-12-10-19-11-13-20;;/h5-6,9,15,17,19,21H,2-4,7-8,10-13H2,1H3;2*1H/t17-;;/m0../s1. The second kappa shape index (κ2) is 9.73. The largest absolute Gasteiger partial charge is 0.507 e. The molecule has 132 valence electrons. The van der Waals surface area contributed by atoms with E-state index < -0.39 is 0 Å². The summed E-state index contributed by atoms with van der Waals surface area (Å²) < 4.78 is 0. The molecule has 3 rings (SSSR count). The lowest BCUT2D eigenvalue weighted by molar-refractivity contribution is 0.101. The number of benzene rings is 1. The molecule has 2 N–H and O–H groups in total. The number of piperazine rings is 1. The van der Waals surface area contributed by atoms with Crippen LogP contribution in [-0.2, 0) is 0 Å². The minimum atomic E-state index is 0. The SMILES string of the molecule is Cc1cccc([C@H](C2CCCCC2)N2CCNCC2)c1O.Cl.Cl. The zero-order valence-corrected chi connectivity index (χ0v) is 15.6. The van der Waals surface area contributed by atoms with Gasteiger partial charge in [0.15, 0.2) is 0 Å². The molecule has 5 heteroatoms. The quantitative estimate of drug-likeness (QED) is 0.852. The minimum absolute atomic E-state index is 0. The number of hydrogen-bond acceptors (Lipinski definition) is 3. The number of hydrogen-bond donors (Lipinski definition) is 2. The van der Waals surface area contributed by atoms with Crippen molar-refractivity contribution in [3.8, 4) is 5.75 Å². The number of phenols is 1. The molecule has 1 saturated heterocycles. The van der Waals surface area contributed by atoms with Crippen LogP contribution in [0.15, 0.2) is 18.2 Å². The molecule has 3 nitrogen and oxygen atoms in total. The van der Waals surface area contributed by atoms with Crippen LogP contribution in [0.1, 0.15) is 49.3 Å². The first-order valence-corrected chi connectivity index (χ1v) is 8.50. The predicted octanol–water partition coefficient (Wildman–Crippen LogP) is 4.07. The van der Waals surface area contributed by atoms with Gasteiger partial charge in [0, 0.05) is 37.8 Å². The maximum Gasteiger partial charge on any atom is 0.123 e. The van der Waals surface area contributed by atoms with Gasteiger partial charge < -0.3 is 10.4 Å². The van der Waals surface area contributed by atoms with E-state index >= 15 is 0 Å². The molecular formula is C18H30Cl2N2O. The van der Waals surface area contributed by atoms with Crippen molar-refractivity contribution in [2.75, 3.05) is 26.2 Å². The van der Waals surface area contributed by atoms with Crippen LogP contribution in [0.2, 0.25) is 0 Å². The van der Waals surface area contributed by atoms with Crippen LogP contribution in [0.25, 0.3) is 0 Å². The van der Waals surface area contributed by atoms with Gasteiger partial charge in [-0.15, -0.1) is 24.8 Å². The molecule has 1 aliphatic heterocycles. The highest BCUT2D eigenvalue weighted by Gasteiger charge is 2.32. The summed E-state index contributed by atoms with van der Waals surface area (Å²) in [5.41, 5.74) is 2.16. The average molecular weight is 361 g/mol. The van der Waals surface area contributed by atoms with Crippen molar-refractivity contribution in [3.05, 3.63) is 29.3 Å². The van der Waals surface area contributed by atoms with Crippen LogP contribution < -0.4 is 5.32 Å². The topological polar surface area (TPSA) is 35.5 Å². The third kappa shape index (κ3) is 4.76. The maximum atomic E-state index is 10.6. The van der Waals surface area contributed by atoms with Gasteiger partial charge in [-0.25, -0.2) is 0 Å². The van der Waals surface area contributed by atoms with Crippen LogP contribution in [0.5, 0.6) is 5.75 Å². The molecule has 2 fully saturated rings. The van der Waals surface area contributed by atoms with Crippen LogP contribution in [0.3, 0.4) is 0 Å². The van der Waals surface area contributed by atoms with E-state index in [0.29, 0.717) is 17.7 Å². The van der Waals surface area contributed by atoms with E-state index in [9.17, 15) is 5.11 Å². The van der Waals surface area contributed by atoms with E-state index in [1.165, 1.54) is 32.1 Å². The Hall–Kier alpha value is -0.480. The van der Waals surface area contributed by atoms with Crippen LogP contribution in [-0.4, -0.2) is 36.2 Å². The van der Waals surface area contributed by atoms with Gasteiger partial charge in [0.25, 0.3) is 0 Å². The number of nitrogens with one attached hydrogen (secondary N) is 1. The van der Waals surface area contributed by atoms with Gasteiger partial charge in [-0.05, 0) is 31.2 Å². The molecule has 0 spiro atoms. The summed E-state index contributed by atoms with van der Waals surface area (Å²) in [5.74, 6) is 1.22. The highest BCUT2D eigenvalue weighted by molar-refractivity contribution is 5.85. The van der Waals surface area contributed by atoms with E-state index in [4.69, 9.17) is 0 Å². The lowest BCUT2D eigenvalue weighted by Gasteiger charge is -2.41. The molecule has 1 aromatic carbocycles. The average Bonchev–Trinajstić information content (AvgIpc) is 2.54. The molecule has 1 saturated carbocycles. The zero-order valence-electron chi connectivity index (χ0n) is 14.0. The van der Waals surface area contributed by atoms with Gasteiger partial charge in [0.05, 0.1) is 0 Å². The Balaban J connectivity index is 0.00000132. The fourth-order valence-corrected chi connectivity index (χ4v) is 4.08. The Morgan fingerprint density at radius 3 is 2.39 bits per heavy atom. The molecule has 0 amide bonds. The van der Waals surface area contributed by atoms with Crippen LogP contribution in [0, 0.1) is 12.8 Å². The van der Waals surface area contributed by atoms with Crippen molar-refractivity contribution in [2.24, 2.45) is 5.92 Å². The summed E-state index contributed by atoms with van der Waals surface area (Å²) in [4.78, 5) is 2.60. The van der Waals surface area contributed by atoms with Gasteiger partial charge in [-0.3, -0.25) is 4.90 Å². The molecule has 1 heterocycles. The number of nitrogens with zero attached hydrogens (tertiary/aromatic N) is 1. The zero-order chi connectivity index (χ0) is 14.7. The Kier molecular flexibility index (Phi) is 8.70. The third-order valence-corrected chi connectivity index (χ3v) is 5.23. The molecule has 1 atom stereocenters. The first-order valence-electron chi connectivity index (χ1n) is 8.50. The number of halogens is 2. The molecular weight excluding hydrogens is 331 g/mol. The minimum Gasteiger partial charge on any atom is -0.507 e. The molecule has 0 radical (unpaired) electrons. The van der Waals surface area contributed by atoms with E-state index in [1.54, 1.807) is 0 Å². The summed E-state index contributed by atoms with van der Waals surface area (Å²) in [6.45, 7) is 6.32. The molecule has 0 aromatic heterocycles. The third-order valence-electron chi connectivity index (χ3n) is 5.23. The van der Waals surface area contributed by atoms with Crippen molar-refractivity contribution in [1.82, 2.24) is 10.2 Å². The predicted molar refractivity (Wildman–Crippen MR) is 101 cm³/mol. The summed E-state index contributed by atoms with van der Waals surface area (Å²) >= 11 is 0. The molecule has 23 heavy (non-hydrogen) atoms. The molecule has 0 bridgehead atoms. The smallest absolute Gasteiger partial charge is 0.123 e. The second-order valence-electron chi connectivity index (χ2n) is 6.64. The second-order valence-corrected chi connectivity index (χ2v) is 6.64. The van der Waals surface area contributed by atoms with Gasteiger partial charge in [0.2, 0.25) is 0 Å². The van der Waals surface area contributed by atoms with Crippen molar-refractivity contribution in [1.29, 1.82) is 0 Å². The highest BCUT2D eigenvalue weighted by Crippen LogP contribution is 2.42. The molecule has 1 aromatic rings. The van der Waals surface area contributed by atoms with Crippen molar-refractivity contribution in [3.63, 3.8) is 0 Å². The lowest BCUT2D eigenvalue weighted by Crippen LogP contribution is -2.47. The first-order chi connectivity index (χ1) is 10.3. The first kappa shape index (κ1) is 20.6. The van der Waals surface area contributed by atoms with Gasteiger partial charge in [0.1, 0.15) is 5.75 Å². The van der Waals surface area contributed by atoms with E-state index in [-0.39, 0.29) is 24.8 Å². The summed E-state index contributed by atoms with van der Waals surface area (Å²) in [6, 6.07) is 6.65. The highest BCUT2D eigenvalue weighted by atomic mass is 35.5. The molecule has 1 aliphatic carbocycles. The van der Waals surface area contributed by atoms with Gasteiger partial charge in [-0.1, -0.05) is 37.5 Å². The Bertz CT molecular complexity index is 454. The Morgan fingerprint density at radius 2 is 1.74 bits per heavy atom. The van der Waals surface area contributed by atoms with Crippen molar-refractivity contribution >= 4 is 24.8 Å². The number of aryl methyl sites for hydroxylation is 1. The fourth-order valence-electron chi connectivity index (χ4n) is 4.08. The van der Waals surface area contributed by atoms with Gasteiger partial charge in [-0.2, -0.15) is 0 Å². The van der Waals surface area contributed by atoms with Crippen molar-refractivity contribution < 1.29 is 5.11 Å². The van der Waals surface area contributed by atoms with E-state index in [0.717, 1.165) is 37.3 Å². The summed E-state index contributed by atoms with van der Waals surface area (Å²) in [6.07, 6.45) is 6.69. The van der Waals surface area contributed by atoms with Crippen LogP contribution in [0.4, 0.5) is 0 Å². The summed E-state index contributed by atoms with van der Waals surface area (Å²) in [5, 5.41) is 14.0.